The fourth-order valence-corrected chi connectivity index (χ4v) is 1.94. The van der Waals surface area contributed by atoms with Crippen molar-refractivity contribution < 1.29 is 14.2 Å². The molecule has 0 bridgehead atoms. The summed E-state index contributed by atoms with van der Waals surface area (Å²) in [5.41, 5.74) is -0.718. The zero-order valence-corrected chi connectivity index (χ0v) is 11.4. The number of fused-ring (bicyclic) bond motifs is 1. The molecule has 0 amide bonds. The van der Waals surface area contributed by atoms with Crippen LogP contribution in [0.25, 0.3) is 0 Å². The first kappa shape index (κ1) is 13.5. The standard InChI is InChI=1S/C14H18N2O3/c1-10(2)16-14(3,7-15)8-17-11-4-5-12-13(6-11)19-9-18-12/h4-6,10,16H,8-9H2,1-3H3. The molecule has 1 aromatic carbocycles. The van der Waals surface area contributed by atoms with Gasteiger partial charge in [0.1, 0.15) is 17.9 Å². The Morgan fingerprint density at radius 1 is 1.42 bits per heavy atom. The minimum atomic E-state index is -0.718. The molecule has 0 radical (unpaired) electrons. The van der Waals surface area contributed by atoms with E-state index in [0.29, 0.717) is 11.5 Å². The highest BCUT2D eigenvalue weighted by atomic mass is 16.7. The zero-order chi connectivity index (χ0) is 13.9. The maximum absolute atomic E-state index is 9.23. The highest BCUT2D eigenvalue weighted by molar-refractivity contribution is 5.46. The van der Waals surface area contributed by atoms with Gasteiger partial charge in [0, 0.05) is 12.1 Å². The lowest BCUT2D eigenvalue weighted by Gasteiger charge is -2.25. The minimum Gasteiger partial charge on any atom is -0.490 e. The van der Waals surface area contributed by atoms with E-state index >= 15 is 0 Å². The van der Waals surface area contributed by atoms with Crippen molar-refractivity contribution in [3.63, 3.8) is 0 Å². The predicted octanol–water partition coefficient (Wildman–Crippen LogP) is 2.07. The molecule has 0 saturated heterocycles. The first-order valence-electron chi connectivity index (χ1n) is 6.24. The van der Waals surface area contributed by atoms with Crippen molar-refractivity contribution in [2.45, 2.75) is 32.4 Å². The Balaban J connectivity index is 2.00. The van der Waals surface area contributed by atoms with Gasteiger partial charge in [-0.05, 0) is 32.9 Å². The molecule has 0 saturated carbocycles. The highest BCUT2D eigenvalue weighted by Gasteiger charge is 2.25. The fraction of sp³-hybridized carbons (Fsp3) is 0.500. The van der Waals surface area contributed by atoms with Crippen LogP contribution in [0.4, 0.5) is 0 Å². The molecule has 0 aromatic heterocycles. The smallest absolute Gasteiger partial charge is 0.231 e. The van der Waals surface area contributed by atoms with Crippen molar-refractivity contribution in [2.75, 3.05) is 13.4 Å². The molecule has 1 unspecified atom stereocenters. The second-order valence-electron chi connectivity index (χ2n) is 5.05. The molecule has 19 heavy (non-hydrogen) atoms. The number of nitriles is 1. The lowest BCUT2D eigenvalue weighted by Crippen LogP contribution is -2.49. The second kappa shape index (κ2) is 5.37. The van der Waals surface area contributed by atoms with Gasteiger partial charge in [0.15, 0.2) is 11.5 Å². The van der Waals surface area contributed by atoms with Crippen molar-refractivity contribution in [1.82, 2.24) is 5.32 Å². The van der Waals surface area contributed by atoms with Gasteiger partial charge in [-0.25, -0.2) is 0 Å². The molecule has 0 fully saturated rings. The monoisotopic (exact) mass is 262 g/mol. The Labute approximate surface area is 113 Å². The van der Waals surface area contributed by atoms with Crippen LogP contribution in [-0.4, -0.2) is 25.0 Å². The normalized spacial score (nSPS) is 15.9. The molecule has 1 aliphatic heterocycles. The summed E-state index contributed by atoms with van der Waals surface area (Å²) in [5, 5.41) is 12.4. The Kier molecular flexibility index (Phi) is 3.82. The first-order valence-corrected chi connectivity index (χ1v) is 6.24. The van der Waals surface area contributed by atoms with E-state index in [2.05, 4.69) is 11.4 Å². The van der Waals surface area contributed by atoms with Crippen molar-refractivity contribution in [1.29, 1.82) is 5.26 Å². The maximum Gasteiger partial charge on any atom is 0.231 e. The summed E-state index contributed by atoms with van der Waals surface area (Å²) in [7, 11) is 0. The lowest BCUT2D eigenvalue weighted by atomic mass is 10.1. The second-order valence-corrected chi connectivity index (χ2v) is 5.05. The first-order chi connectivity index (χ1) is 9.02. The molecule has 5 heteroatoms. The Hall–Kier alpha value is -1.93. The molecule has 2 rings (SSSR count). The summed E-state index contributed by atoms with van der Waals surface area (Å²) < 4.78 is 16.2. The third-order valence-electron chi connectivity index (χ3n) is 2.73. The molecule has 1 atom stereocenters. The van der Waals surface area contributed by atoms with E-state index in [1.165, 1.54) is 0 Å². The summed E-state index contributed by atoms with van der Waals surface area (Å²) in [4.78, 5) is 0. The number of hydrogen-bond acceptors (Lipinski definition) is 5. The molecular weight excluding hydrogens is 244 g/mol. The molecule has 0 aliphatic carbocycles. The topological polar surface area (TPSA) is 63.5 Å². The van der Waals surface area contributed by atoms with E-state index < -0.39 is 5.54 Å². The van der Waals surface area contributed by atoms with E-state index in [0.717, 1.165) is 5.75 Å². The van der Waals surface area contributed by atoms with Crippen molar-refractivity contribution >= 4 is 0 Å². The summed E-state index contributed by atoms with van der Waals surface area (Å²) in [6, 6.07) is 7.84. The SMILES string of the molecule is CC(C)NC(C)(C#N)COc1ccc2c(c1)OCO2. The summed E-state index contributed by atoms with van der Waals surface area (Å²) in [6.45, 7) is 6.32. The molecule has 5 nitrogen and oxygen atoms in total. The number of nitrogens with zero attached hydrogens (tertiary/aromatic N) is 1. The van der Waals surface area contributed by atoms with Gasteiger partial charge in [0.25, 0.3) is 0 Å². The Bertz CT molecular complexity index is 496. The highest BCUT2D eigenvalue weighted by Crippen LogP contribution is 2.35. The summed E-state index contributed by atoms with van der Waals surface area (Å²) in [5.74, 6) is 2.06. The molecule has 0 spiro atoms. The van der Waals surface area contributed by atoms with Gasteiger partial charge < -0.3 is 14.2 Å². The molecule has 102 valence electrons. The summed E-state index contributed by atoms with van der Waals surface area (Å²) >= 11 is 0. The average molecular weight is 262 g/mol. The quantitative estimate of drug-likeness (QED) is 0.880. The zero-order valence-electron chi connectivity index (χ0n) is 11.4. The number of rotatable bonds is 5. The minimum absolute atomic E-state index is 0.213. The van der Waals surface area contributed by atoms with Crippen molar-refractivity contribution in [3.8, 4) is 23.3 Å². The van der Waals surface area contributed by atoms with Crippen LogP contribution in [-0.2, 0) is 0 Å². The molecule has 1 N–H and O–H groups in total. The third-order valence-corrected chi connectivity index (χ3v) is 2.73. The van der Waals surface area contributed by atoms with Crippen LogP contribution >= 0.6 is 0 Å². The average Bonchev–Trinajstić information content (AvgIpc) is 2.83. The van der Waals surface area contributed by atoms with Crippen LogP contribution in [0.15, 0.2) is 18.2 Å². The van der Waals surface area contributed by atoms with Crippen molar-refractivity contribution in [2.24, 2.45) is 0 Å². The lowest BCUT2D eigenvalue weighted by molar-refractivity contribution is 0.173. The van der Waals surface area contributed by atoms with Gasteiger partial charge in [-0.15, -0.1) is 0 Å². The number of benzene rings is 1. The molecule has 1 aromatic rings. The van der Waals surface area contributed by atoms with Crippen LogP contribution in [0.2, 0.25) is 0 Å². The van der Waals surface area contributed by atoms with Crippen LogP contribution in [0.3, 0.4) is 0 Å². The van der Waals surface area contributed by atoms with E-state index in [1.54, 1.807) is 18.2 Å². The van der Waals surface area contributed by atoms with Crippen LogP contribution < -0.4 is 19.5 Å². The third kappa shape index (κ3) is 3.30. The van der Waals surface area contributed by atoms with E-state index in [1.807, 2.05) is 20.8 Å². The Morgan fingerprint density at radius 3 is 2.84 bits per heavy atom. The Morgan fingerprint density at radius 2 is 2.16 bits per heavy atom. The molecular formula is C14H18N2O3. The van der Waals surface area contributed by atoms with Crippen LogP contribution in [0.1, 0.15) is 20.8 Å². The fourth-order valence-electron chi connectivity index (χ4n) is 1.94. The van der Waals surface area contributed by atoms with E-state index in [-0.39, 0.29) is 19.4 Å². The van der Waals surface area contributed by atoms with Crippen molar-refractivity contribution in [3.05, 3.63) is 18.2 Å². The van der Waals surface area contributed by atoms with Crippen LogP contribution in [0, 0.1) is 11.3 Å². The molecule has 1 aliphatic rings. The number of nitrogens with one attached hydrogen (secondary N) is 1. The van der Waals surface area contributed by atoms with Gasteiger partial charge in [0.2, 0.25) is 6.79 Å². The largest absolute Gasteiger partial charge is 0.490 e. The van der Waals surface area contributed by atoms with Gasteiger partial charge >= 0.3 is 0 Å². The van der Waals surface area contributed by atoms with Crippen LogP contribution in [0.5, 0.6) is 17.2 Å². The number of ether oxygens (including phenoxy) is 3. The summed E-state index contributed by atoms with van der Waals surface area (Å²) in [6.07, 6.45) is 0. The number of hydrogen-bond donors (Lipinski definition) is 1. The predicted molar refractivity (Wildman–Crippen MR) is 70.3 cm³/mol. The van der Waals surface area contributed by atoms with Gasteiger partial charge in [-0.1, -0.05) is 0 Å². The maximum atomic E-state index is 9.23. The van der Waals surface area contributed by atoms with E-state index in [9.17, 15) is 5.26 Å². The van der Waals surface area contributed by atoms with Gasteiger partial charge in [-0.3, -0.25) is 5.32 Å². The van der Waals surface area contributed by atoms with Gasteiger partial charge in [0.05, 0.1) is 6.07 Å². The van der Waals surface area contributed by atoms with Gasteiger partial charge in [-0.2, -0.15) is 5.26 Å². The van der Waals surface area contributed by atoms with E-state index in [4.69, 9.17) is 14.2 Å². The molecule has 1 heterocycles.